The number of carbonyl (C=O) groups is 2. The summed E-state index contributed by atoms with van der Waals surface area (Å²) in [6, 6.07) is 21.8. The summed E-state index contributed by atoms with van der Waals surface area (Å²) in [7, 11) is -5.93. The van der Waals surface area contributed by atoms with Crippen LogP contribution in [0.2, 0.25) is 0 Å². The number of alkyl halides is 6. The van der Waals surface area contributed by atoms with Gasteiger partial charge in [0, 0.05) is 44.3 Å². The van der Waals surface area contributed by atoms with Crippen LogP contribution >= 0.6 is 0 Å². The molecule has 0 radical (unpaired) electrons. The zero-order valence-electron chi connectivity index (χ0n) is 33.2. The number of halogens is 6. The minimum Gasteiger partial charge on any atom is -0.491 e. The van der Waals surface area contributed by atoms with Gasteiger partial charge in [0.15, 0.2) is 0 Å². The molecule has 2 aliphatic rings. The Kier molecular flexibility index (Phi) is 18.1. The van der Waals surface area contributed by atoms with E-state index in [9.17, 15) is 48.3 Å². The Morgan fingerprint density at radius 2 is 1.43 bits per heavy atom. The summed E-state index contributed by atoms with van der Waals surface area (Å²) in [5, 5.41) is 31.5. The Balaban J connectivity index is 0.000000609. The van der Waals surface area contributed by atoms with Gasteiger partial charge in [0.05, 0.1) is 22.0 Å². The smallest absolute Gasteiger partial charge is 0.490 e. The number of benzene rings is 3. The van der Waals surface area contributed by atoms with Crippen LogP contribution in [-0.4, -0.2) is 124 Å². The highest BCUT2D eigenvalue weighted by atomic mass is 32.2. The van der Waals surface area contributed by atoms with Gasteiger partial charge in [-0.05, 0) is 67.3 Å². The van der Waals surface area contributed by atoms with E-state index in [2.05, 4.69) is 41.3 Å². The van der Waals surface area contributed by atoms with Crippen LogP contribution in [0.25, 0.3) is 11.1 Å². The van der Waals surface area contributed by atoms with Crippen LogP contribution in [-0.2, 0) is 40.9 Å². The van der Waals surface area contributed by atoms with Crippen molar-refractivity contribution >= 4 is 32.0 Å². The SMILES string of the molecule is CNS(=O)(=O)c1cccc(OCC(O)CNC2COC3(CCN(S(=O)(=O)c4cccc(-c5ccc(CNC(C)C)cc5)c4)CC3)C2)c1.O=C(O)C(F)(F)F.O=C(O)C(F)(F)F. The van der Waals surface area contributed by atoms with E-state index >= 15 is 0 Å². The number of hydrogen-bond acceptors (Lipinski definition) is 11. The normalized spacial score (nSPS) is 17.5. The second-order valence-electron chi connectivity index (χ2n) is 14.2. The van der Waals surface area contributed by atoms with Gasteiger partial charge in [0.2, 0.25) is 20.0 Å². The summed E-state index contributed by atoms with van der Waals surface area (Å²) in [4.78, 5) is 18.2. The highest BCUT2D eigenvalue weighted by Gasteiger charge is 2.45. The average Bonchev–Trinajstić information content (AvgIpc) is 3.60. The monoisotopic (exact) mass is 914 g/mol. The van der Waals surface area contributed by atoms with Crippen LogP contribution in [0.15, 0.2) is 82.6 Å². The fourth-order valence-corrected chi connectivity index (χ4v) is 8.24. The zero-order valence-corrected chi connectivity index (χ0v) is 34.8. The van der Waals surface area contributed by atoms with Crippen molar-refractivity contribution in [1.29, 1.82) is 0 Å². The number of aliphatic hydroxyl groups is 1. The average molecular weight is 915 g/mol. The van der Waals surface area contributed by atoms with E-state index in [-0.39, 0.29) is 29.0 Å². The van der Waals surface area contributed by atoms with Gasteiger partial charge in [-0.15, -0.1) is 0 Å². The minimum atomic E-state index is -5.08. The summed E-state index contributed by atoms with van der Waals surface area (Å²) in [6.45, 7) is 6.47. The Morgan fingerprint density at radius 3 is 1.97 bits per heavy atom. The van der Waals surface area contributed by atoms with Gasteiger partial charge in [0.1, 0.15) is 18.5 Å². The molecule has 2 fully saturated rings. The van der Waals surface area contributed by atoms with E-state index < -0.39 is 56.0 Å². The van der Waals surface area contributed by atoms with Crippen molar-refractivity contribution in [1.82, 2.24) is 19.7 Å². The third kappa shape index (κ3) is 15.8. The van der Waals surface area contributed by atoms with Crippen molar-refractivity contribution in [2.75, 3.05) is 39.9 Å². The molecule has 5 rings (SSSR count). The Hall–Kier alpha value is -4.36. The van der Waals surface area contributed by atoms with Crippen LogP contribution in [0.5, 0.6) is 5.75 Å². The fraction of sp³-hybridized carbons (Fsp3) is 0.474. The van der Waals surface area contributed by atoms with Gasteiger partial charge in [0.25, 0.3) is 0 Å². The quantitative estimate of drug-likeness (QED) is 0.124. The van der Waals surface area contributed by atoms with Crippen molar-refractivity contribution < 1.29 is 77.6 Å². The highest BCUT2D eigenvalue weighted by molar-refractivity contribution is 7.89. The van der Waals surface area contributed by atoms with E-state index in [4.69, 9.17) is 29.3 Å². The van der Waals surface area contributed by atoms with Crippen LogP contribution in [0.4, 0.5) is 26.3 Å². The molecule has 0 aliphatic carbocycles. The molecule has 340 valence electrons. The standard InChI is InChI=1S/C34H46N4O7S2.2C2HF3O2/c1-25(2)36-21-26-10-12-27(13-11-26)28-6-4-9-33(18-28)47(42,43)38-16-14-34(15-17-38)20-29(23-45-34)37-22-30(39)24-44-31-7-5-8-32(19-31)46(40,41)35-3;2*3-2(4,5)1(6)7/h4-13,18-19,25,29-30,35-37,39H,14-17,20-24H2,1-3H3;2*(H,6,7). The molecule has 61 heavy (non-hydrogen) atoms. The van der Waals surface area contributed by atoms with Crippen molar-refractivity contribution in [3.8, 4) is 16.9 Å². The molecule has 0 amide bonds. The topological polar surface area (TPSA) is 221 Å². The first-order chi connectivity index (χ1) is 28.3. The maximum absolute atomic E-state index is 13.7. The largest absolute Gasteiger partial charge is 0.491 e. The van der Waals surface area contributed by atoms with Crippen LogP contribution in [0.1, 0.15) is 38.7 Å². The van der Waals surface area contributed by atoms with E-state index in [1.165, 1.54) is 24.7 Å². The summed E-state index contributed by atoms with van der Waals surface area (Å²) >= 11 is 0. The third-order valence-electron chi connectivity index (χ3n) is 9.27. The molecule has 1 spiro atoms. The molecule has 2 unspecified atom stereocenters. The Morgan fingerprint density at radius 1 is 0.869 bits per heavy atom. The number of aliphatic carboxylic acids is 2. The molecule has 0 bridgehead atoms. The zero-order chi connectivity index (χ0) is 45.8. The first-order valence-corrected chi connectivity index (χ1v) is 21.5. The third-order valence-corrected chi connectivity index (χ3v) is 12.6. The number of hydrogen-bond donors (Lipinski definition) is 6. The van der Waals surface area contributed by atoms with E-state index in [0.717, 1.165) is 24.1 Å². The van der Waals surface area contributed by atoms with Gasteiger partial charge in [-0.3, -0.25) is 0 Å². The minimum absolute atomic E-state index is 0.0100. The van der Waals surface area contributed by atoms with Gasteiger partial charge in [-0.2, -0.15) is 30.6 Å². The summed E-state index contributed by atoms with van der Waals surface area (Å²) < 4.78 is 131. The number of sulfonamides is 2. The Labute approximate surface area is 349 Å². The molecule has 3 aromatic rings. The molecule has 2 heterocycles. The second-order valence-corrected chi connectivity index (χ2v) is 18.0. The molecule has 15 nitrogen and oxygen atoms in total. The van der Waals surface area contributed by atoms with Crippen molar-refractivity contribution in [3.05, 3.63) is 78.4 Å². The number of carboxylic acid groups (broad SMARTS) is 2. The van der Waals surface area contributed by atoms with Crippen molar-refractivity contribution in [3.63, 3.8) is 0 Å². The van der Waals surface area contributed by atoms with E-state index in [0.29, 0.717) is 44.3 Å². The molecule has 0 aromatic heterocycles. The predicted molar refractivity (Wildman–Crippen MR) is 209 cm³/mol. The lowest BCUT2D eigenvalue weighted by Gasteiger charge is -2.38. The van der Waals surface area contributed by atoms with Crippen molar-refractivity contribution in [2.24, 2.45) is 0 Å². The summed E-state index contributed by atoms with van der Waals surface area (Å²) in [5.41, 5.74) is 2.60. The number of carboxylic acids is 2. The van der Waals surface area contributed by atoms with Gasteiger partial charge in [-0.1, -0.05) is 56.3 Å². The number of nitrogens with zero attached hydrogens (tertiary/aromatic N) is 1. The number of ether oxygens (including phenoxy) is 2. The van der Waals surface area contributed by atoms with E-state index in [1.807, 2.05) is 18.2 Å². The van der Waals surface area contributed by atoms with Crippen LogP contribution in [0, 0.1) is 0 Å². The van der Waals surface area contributed by atoms with E-state index in [1.54, 1.807) is 34.6 Å². The molecule has 2 aliphatic heterocycles. The first-order valence-electron chi connectivity index (χ1n) is 18.5. The van der Waals surface area contributed by atoms with Gasteiger partial charge < -0.3 is 35.4 Å². The van der Waals surface area contributed by atoms with Gasteiger partial charge >= 0.3 is 24.3 Å². The molecular weight excluding hydrogens is 867 g/mol. The summed E-state index contributed by atoms with van der Waals surface area (Å²) in [6.07, 6.45) is -9.09. The number of nitrogens with one attached hydrogen (secondary N) is 3. The maximum Gasteiger partial charge on any atom is 0.490 e. The maximum atomic E-state index is 13.7. The molecule has 23 heteroatoms. The summed E-state index contributed by atoms with van der Waals surface area (Å²) in [5.74, 6) is -5.17. The molecule has 2 saturated heterocycles. The van der Waals surface area contributed by atoms with Crippen LogP contribution in [0.3, 0.4) is 0 Å². The molecule has 3 aromatic carbocycles. The first kappa shape index (κ1) is 51.0. The van der Waals surface area contributed by atoms with Gasteiger partial charge in [-0.25, -0.2) is 31.1 Å². The highest BCUT2D eigenvalue weighted by Crippen LogP contribution is 2.38. The Bertz CT molecular complexity index is 2110. The number of aliphatic hydroxyl groups excluding tert-OH is 1. The molecule has 6 N–H and O–H groups in total. The van der Waals surface area contributed by atoms with Crippen molar-refractivity contribution in [2.45, 2.75) is 85.6 Å². The molecule has 0 saturated carbocycles. The fourth-order valence-electron chi connectivity index (χ4n) is 5.98. The van der Waals surface area contributed by atoms with Crippen LogP contribution < -0.4 is 20.1 Å². The number of piperidine rings is 1. The molecule has 2 atom stereocenters. The second kappa shape index (κ2) is 21.6. The predicted octanol–water partition coefficient (Wildman–Crippen LogP) is 4.37. The lowest BCUT2D eigenvalue weighted by molar-refractivity contribution is -0.193. The molecular formula is C38H48F6N4O11S2. The number of rotatable bonds is 14. The lowest BCUT2D eigenvalue weighted by Crippen LogP contribution is -2.47. The lowest BCUT2D eigenvalue weighted by atomic mass is 9.88.